The van der Waals surface area contributed by atoms with E-state index in [1.165, 1.54) is 38.5 Å². The summed E-state index contributed by atoms with van der Waals surface area (Å²) in [6, 6.07) is 0. The molecule has 12 heavy (non-hydrogen) atoms. The third-order valence-electron chi connectivity index (χ3n) is 1.91. The standard InChI is InChI=1S/C12H22/c1-3-5-7-9-11-12-10-8-6-4-2/h11-12H,1-10H2. The average molecular weight is 166 g/mol. The van der Waals surface area contributed by atoms with Gasteiger partial charge in [0.15, 0.2) is 0 Å². The molecule has 0 saturated heterocycles. The molecule has 0 heteroatoms. The summed E-state index contributed by atoms with van der Waals surface area (Å²) >= 11 is 0. The van der Waals surface area contributed by atoms with Crippen LogP contribution in [-0.2, 0) is 0 Å². The summed E-state index contributed by atoms with van der Waals surface area (Å²) in [7, 11) is 0. The Morgan fingerprint density at radius 3 is 1.42 bits per heavy atom. The molecule has 0 fully saturated rings. The zero-order valence-corrected chi connectivity index (χ0v) is 8.23. The maximum absolute atomic E-state index is 3.81. The highest BCUT2D eigenvalue weighted by molar-refractivity contribution is 4.81. The van der Waals surface area contributed by atoms with Gasteiger partial charge in [0.2, 0.25) is 0 Å². The van der Waals surface area contributed by atoms with E-state index in [2.05, 4.69) is 26.0 Å². The van der Waals surface area contributed by atoms with Crippen molar-refractivity contribution in [2.45, 2.75) is 51.4 Å². The lowest BCUT2D eigenvalue weighted by atomic mass is 10.1. The van der Waals surface area contributed by atoms with E-state index < -0.39 is 0 Å². The van der Waals surface area contributed by atoms with Gasteiger partial charge in [-0.25, -0.2) is 0 Å². The minimum absolute atomic E-state index is 1.08. The molecule has 0 unspecified atom stereocenters. The third kappa shape index (κ3) is 9.74. The Bertz CT molecular complexity index is 80.2. The summed E-state index contributed by atoms with van der Waals surface area (Å²) in [5.74, 6) is 0. The van der Waals surface area contributed by atoms with Crippen LogP contribution in [0.25, 0.3) is 0 Å². The van der Waals surface area contributed by atoms with Crippen molar-refractivity contribution in [2.75, 3.05) is 0 Å². The maximum Gasteiger partial charge on any atom is -0.0351 e. The second-order valence-electron chi connectivity index (χ2n) is 3.17. The molecule has 0 nitrogen and oxygen atoms in total. The largest absolute Gasteiger partial charge is 0.0885 e. The van der Waals surface area contributed by atoms with Crippen LogP contribution in [0, 0.1) is 13.8 Å². The van der Waals surface area contributed by atoms with Crippen LogP contribution in [0.15, 0.2) is 12.2 Å². The van der Waals surface area contributed by atoms with Gasteiger partial charge in [0.1, 0.15) is 0 Å². The molecule has 0 bridgehead atoms. The molecule has 0 aromatic rings. The van der Waals surface area contributed by atoms with Crippen molar-refractivity contribution in [3.8, 4) is 0 Å². The first-order valence-electron chi connectivity index (χ1n) is 5.15. The Balaban J connectivity index is 2.93. The fraction of sp³-hybridized carbons (Fsp3) is 0.667. The Kier molecular flexibility index (Phi) is 10.5. The summed E-state index contributed by atoms with van der Waals surface area (Å²) in [6.45, 7) is 7.63. The molecule has 0 N–H and O–H groups in total. The summed E-state index contributed by atoms with van der Waals surface area (Å²) in [5, 5.41) is 0. The van der Waals surface area contributed by atoms with Crippen molar-refractivity contribution >= 4 is 0 Å². The van der Waals surface area contributed by atoms with Crippen LogP contribution < -0.4 is 0 Å². The highest BCUT2D eigenvalue weighted by atomic mass is 13.9. The monoisotopic (exact) mass is 166 g/mol. The van der Waals surface area contributed by atoms with Crippen LogP contribution in [0.4, 0.5) is 0 Å². The van der Waals surface area contributed by atoms with E-state index in [0.717, 1.165) is 12.8 Å². The molecule has 0 aromatic heterocycles. The molecule has 0 aliphatic rings. The van der Waals surface area contributed by atoms with E-state index in [1.807, 2.05) is 0 Å². The zero-order chi connectivity index (χ0) is 9.07. The van der Waals surface area contributed by atoms with E-state index in [1.54, 1.807) is 0 Å². The fourth-order valence-corrected chi connectivity index (χ4v) is 1.11. The lowest BCUT2D eigenvalue weighted by Gasteiger charge is -1.93. The lowest BCUT2D eigenvalue weighted by molar-refractivity contribution is 0.744. The van der Waals surface area contributed by atoms with Crippen molar-refractivity contribution in [3.05, 3.63) is 26.0 Å². The Morgan fingerprint density at radius 2 is 1.08 bits per heavy atom. The predicted molar refractivity (Wildman–Crippen MR) is 56.8 cm³/mol. The van der Waals surface area contributed by atoms with Gasteiger partial charge < -0.3 is 0 Å². The van der Waals surface area contributed by atoms with E-state index in [0.29, 0.717) is 0 Å². The van der Waals surface area contributed by atoms with Crippen molar-refractivity contribution < 1.29 is 0 Å². The van der Waals surface area contributed by atoms with Crippen molar-refractivity contribution in [1.82, 2.24) is 0 Å². The van der Waals surface area contributed by atoms with Gasteiger partial charge in [-0.3, -0.25) is 0 Å². The summed E-state index contributed by atoms with van der Waals surface area (Å²) in [4.78, 5) is 0. The summed E-state index contributed by atoms with van der Waals surface area (Å²) in [6.07, 6.45) is 14.4. The third-order valence-corrected chi connectivity index (χ3v) is 1.91. The summed E-state index contributed by atoms with van der Waals surface area (Å²) < 4.78 is 0. The molecule has 2 radical (unpaired) electrons. The van der Waals surface area contributed by atoms with Crippen molar-refractivity contribution in [2.24, 2.45) is 0 Å². The fourth-order valence-electron chi connectivity index (χ4n) is 1.11. The van der Waals surface area contributed by atoms with Crippen LogP contribution in [0.3, 0.4) is 0 Å². The minimum atomic E-state index is 1.08. The molecule has 0 rings (SSSR count). The van der Waals surface area contributed by atoms with E-state index in [-0.39, 0.29) is 0 Å². The average Bonchev–Trinajstić information content (AvgIpc) is 2.10. The highest BCUT2D eigenvalue weighted by Gasteiger charge is 1.83. The number of hydrogen-bond acceptors (Lipinski definition) is 0. The van der Waals surface area contributed by atoms with E-state index >= 15 is 0 Å². The summed E-state index contributed by atoms with van der Waals surface area (Å²) in [5.41, 5.74) is 0. The lowest BCUT2D eigenvalue weighted by Crippen LogP contribution is -1.73. The van der Waals surface area contributed by atoms with Gasteiger partial charge in [0, 0.05) is 0 Å². The van der Waals surface area contributed by atoms with Gasteiger partial charge in [-0.2, -0.15) is 0 Å². The predicted octanol–water partition coefficient (Wildman–Crippen LogP) is 4.33. The molecule has 0 aliphatic heterocycles. The van der Waals surface area contributed by atoms with Crippen LogP contribution >= 0.6 is 0 Å². The van der Waals surface area contributed by atoms with Gasteiger partial charge in [0.05, 0.1) is 0 Å². The Labute approximate surface area is 78.1 Å². The van der Waals surface area contributed by atoms with Crippen molar-refractivity contribution in [1.29, 1.82) is 0 Å². The topological polar surface area (TPSA) is 0 Å². The maximum atomic E-state index is 3.81. The molecule has 0 saturated carbocycles. The molecule has 0 spiro atoms. The molecular formula is C12H22. The first kappa shape index (κ1) is 11.7. The zero-order valence-electron chi connectivity index (χ0n) is 8.23. The molecule has 0 heterocycles. The van der Waals surface area contributed by atoms with Gasteiger partial charge >= 0.3 is 0 Å². The molecule has 0 aromatic carbocycles. The van der Waals surface area contributed by atoms with Crippen LogP contribution in [0.5, 0.6) is 0 Å². The quantitative estimate of drug-likeness (QED) is 0.372. The van der Waals surface area contributed by atoms with Gasteiger partial charge in [-0.1, -0.05) is 51.7 Å². The Hall–Kier alpha value is -0.260. The molecule has 70 valence electrons. The number of rotatable bonds is 8. The highest BCUT2D eigenvalue weighted by Crippen LogP contribution is 2.03. The van der Waals surface area contributed by atoms with Gasteiger partial charge in [0.25, 0.3) is 0 Å². The number of allylic oxidation sites excluding steroid dienone is 2. The van der Waals surface area contributed by atoms with Crippen molar-refractivity contribution in [3.63, 3.8) is 0 Å². The Morgan fingerprint density at radius 1 is 0.667 bits per heavy atom. The first-order valence-corrected chi connectivity index (χ1v) is 5.15. The van der Waals surface area contributed by atoms with Gasteiger partial charge in [-0.05, 0) is 25.7 Å². The SMILES string of the molecule is [CH2]CCCCC=CCCCC[CH2]. The minimum Gasteiger partial charge on any atom is -0.0885 e. The second-order valence-corrected chi connectivity index (χ2v) is 3.17. The molecule has 0 atom stereocenters. The van der Waals surface area contributed by atoms with Crippen LogP contribution in [0.2, 0.25) is 0 Å². The normalized spacial score (nSPS) is 11.2. The molecule has 0 aliphatic carbocycles. The van der Waals surface area contributed by atoms with Gasteiger partial charge in [-0.15, -0.1) is 0 Å². The van der Waals surface area contributed by atoms with Crippen LogP contribution in [0.1, 0.15) is 51.4 Å². The second kappa shape index (κ2) is 10.7. The van der Waals surface area contributed by atoms with E-state index in [9.17, 15) is 0 Å². The number of unbranched alkanes of at least 4 members (excludes halogenated alkanes) is 6. The first-order chi connectivity index (χ1) is 5.91. The van der Waals surface area contributed by atoms with E-state index in [4.69, 9.17) is 0 Å². The molecular weight excluding hydrogens is 144 g/mol. The molecule has 0 amide bonds. The smallest absolute Gasteiger partial charge is 0.0351 e. The van der Waals surface area contributed by atoms with Crippen LogP contribution in [-0.4, -0.2) is 0 Å². The number of hydrogen-bond donors (Lipinski definition) is 0.